The number of hydrogen-bond acceptors (Lipinski definition) is 8. The molecule has 0 saturated carbocycles. The fourth-order valence-corrected chi connectivity index (χ4v) is 10.6. The summed E-state index contributed by atoms with van der Waals surface area (Å²) in [6.45, 7) is 2.58. The number of morpholine rings is 1. The van der Waals surface area contributed by atoms with Gasteiger partial charge in [0, 0.05) is 25.1 Å². The van der Waals surface area contributed by atoms with Crippen LogP contribution >= 0.6 is 0 Å². The van der Waals surface area contributed by atoms with Gasteiger partial charge in [-0.2, -0.15) is 0 Å². The molecular formula is C53H52N4O7. The van der Waals surface area contributed by atoms with Gasteiger partial charge in [-0.3, -0.25) is 19.3 Å². The standard InChI is InChI=1S/C53H52N4O7/c1-35(37-19-8-5-9-20-37)54-52(63)56-43-30-25-36(18-14-17-33-58)34-42(43)53(51(56)62)44(49(60)55-31-15-3-2-4-16-32-55)46-50(61)64-47(39-23-12-7-13-24-39)45(38-21-10-6-11-22-38)57(46)48(53)40-26-28-41(59)29-27-40/h5-13,19-30,34-35,44-48,58-59H,2-4,15-17,31-33H2,1H3,(H,54,63)/t35-,44-,45-,46-,47+,48+,53-/m1/s1. The van der Waals surface area contributed by atoms with Crippen molar-refractivity contribution >= 4 is 29.5 Å². The second kappa shape index (κ2) is 18.2. The number of phenols is 1. The second-order valence-electron chi connectivity index (χ2n) is 17.2. The summed E-state index contributed by atoms with van der Waals surface area (Å²) in [4.78, 5) is 67.9. The van der Waals surface area contributed by atoms with Crippen LogP contribution in [0.25, 0.3) is 0 Å². The van der Waals surface area contributed by atoms with E-state index in [1.165, 1.54) is 0 Å². The lowest BCUT2D eigenvalue weighted by atomic mass is 9.64. The van der Waals surface area contributed by atoms with Gasteiger partial charge in [0.2, 0.25) is 11.8 Å². The third-order valence-electron chi connectivity index (χ3n) is 13.4. The number of carbonyl (C=O) groups excluding carboxylic acids is 4. The lowest BCUT2D eigenvalue weighted by Gasteiger charge is -2.46. The van der Waals surface area contributed by atoms with Gasteiger partial charge in [0.25, 0.3) is 0 Å². The predicted molar refractivity (Wildman–Crippen MR) is 242 cm³/mol. The van der Waals surface area contributed by atoms with Gasteiger partial charge in [0.1, 0.15) is 23.3 Å². The number of carbonyl (C=O) groups is 4. The Bertz CT molecular complexity index is 2570. The normalized spacial score (nSPS) is 24.7. The first-order valence-corrected chi connectivity index (χ1v) is 22.3. The number of esters is 1. The van der Waals surface area contributed by atoms with E-state index in [1.54, 1.807) is 42.5 Å². The Labute approximate surface area is 373 Å². The third kappa shape index (κ3) is 7.50. The molecule has 9 rings (SSSR count). The molecule has 3 N–H and O–H groups in total. The highest BCUT2D eigenvalue weighted by atomic mass is 16.6. The molecule has 3 fully saturated rings. The summed E-state index contributed by atoms with van der Waals surface area (Å²) < 4.78 is 6.62. The van der Waals surface area contributed by atoms with Gasteiger partial charge in [-0.25, -0.2) is 9.69 Å². The largest absolute Gasteiger partial charge is 0.508 e. The Kier molecular flexibility index (Phi) is 12.1. The molecule has 64 heavy (non-hydrogen) atoms. The lowest BCUT2D eigenvalue weighted by Crippen LogP contribution is -2.57. The maximum atomic E-state index is 16.5. The van der Waals surface area contributed by atoms with Gasteiger partial charge >= 0.3 is 12.0 Å². The van der Waals surface area contributed by atoms with Crippen LogP contribution in [0.4, 0.5) is 10.5 Å². The van der Waals surface area contributed by atoms with Crippen LogP contribution in [-0.2, 0) is 24.5 Å². The number of likely N-dealkylation sites (tertiary alicyclic amines) is 1. The molecule has 0 aliphatic carbocycles. The number of phenolic OH excluding ortho intramolecular Hbond substituents is 1. The topological polar surface area (TPSA) is 140 Å². The molecule has 0 bridgehead atoms. The van der Waals surface area contributed by atoms with Crippen molar-refractivity contribution in [2.75, 3.05) is 24.6 Å². The minimum absolute atomic E-state index is 0.00377. The van der Waals surface area contributed by atoms with Crippen molar-refractivity contribution in [3.63, 3.8) is 0 Å². The van der Waals surface area contributed by atoms with E-state index < -0.39 is 59.5 Å². The number of rotatable bonds is 7. The maximum Gasteiger partial charge on any atom is 0.329 e. The highest BCUT2D eigenvalue weighted by molar-refractivity contribution is 6.24. The molecular weight excluding hydrogens is 805 g/mol. The quantitative estimate of drug-likeness (QED) is 0.110. The lowest BCUT2D eigenvalue weighted by molar-refractivity contribution is -0.179. The Morgan fingerprint density at radius 2 is 1.41 bits per heavy atom. The summed E-state index contributed by atoms with van der Waals surface area (Å²) in [5.74, 6) is 3.09. The van der Waals surface area contributed by atoms with Crippen LogP contribution in [0.1, 0.15) is 103 Å². The number of hydrogen-bond donors (Lipinski definition) is 3. The number of amides is 4. The summed E-state index contributed by atoms with van der Waals surface area (Å²) in [6, 6.07) is 36.1. The van der Waals surface area contributed by atoms with E-state index in [2.05, 4.69) is 17.2 Å². The van der Waals surface area contributed by atoms with E-state index in [0.717, 1.165) is 53.7 Å². The minimum Gasteiger partial charge on any atom is -0.508 e. The number of urea groups is 1. The molecule has 5 aromatic carbocycles. The molecule has 4 aliphatic heterocycles. The minimum atomic E-state index is -1.92. The Morgan fingerprint density at radius 1 is 0.781 bits per heavy atom. The second-order valence-corrected chi connectivity index (χ2v) is 17.2. The number of ether oxygens (including phenoxy) is 1. The number of imide groups is 1. The average Bonchev–Trinajstić information content (AvgIpc) is 3.76. The van der Waals surface area contributed by atoms with Crippen LogP contribution in [-0.4, -0.2) is 69.6 Å². The summed E-state index contributed by atoms with van der Waals surface area (Å²) in [5, 5.41) is 23.5. The Balaban J connectivity index is 1.34. The van der Waals surface area contributed by atoms with Gasteiger partial charge in [-0.15, -0.1) is 0 Å². The Morgan fingerprint density at radius 3 is 2.06 bits per heavy atom. The van der Waals surface area contributed by atoms with E-state index >= 15 is 14.4 Å². The molecule has 4 heterocycles. The van der Waals surface area contributed by atoms with E-state index in [1.807, 2.05) is 108 Å². The van der Waals surface area contributed by atoms with Crippen LogP contribution in [0.2, 0.25) is 0 Å². The molecule has 4 amide bonds. The van der Waals surface area contributed by atoms with Crippen molar-refractivity contribution in [3.8, 4) is 17.6 Å². The fourth-order valence-electron chi connectivity index (χ4n) is 10.6. The fraction of sp³-hybridized carbons (Fsp3) is 0.321. The summed E-state index contributed by atoms with van der Waals surface area (Å²) in [5.41, 5.74) is 2.16. The van der Waals surface area contributed by atoms with E-state index in [9.17, 15) is 15.0 Å². The van der Waals surface area contributed by atoms with Crippen molar-refractivity contribution in [1.29, 1.82) is 0 Å². The monoisotopic (exact) mass is 856 g/mol. The number of aliphatic hydroxyl groups excluding tert-OH is 1. The number of nitrogens with one attached hydrogen (secondary N) is 1. The third-order valence-corrected chi connectivity index (χ3v) is 13.4. The Hall–Kier alpha value is -6.74. The number of nitrogens with zero attached hydrogens (tertiary/aromatic N) is 3. The SMILES string of the molecule is C[C@@H](NC(=O)N1C(=O)[C@@]2(c3cc(C#CCCO)ccc31)[C@H](c1ccc(O)cc1)N1[C@H](c3ccccc3)[C@H](c3ccccc3)OC(=O)[C@H]1[C@@H]2C(=O)N1CCCCCCC1)c1ccccc1. The maximum absolute atomic E-state index is 16.5. The molecule has 0 radical (unpaired) electrons. The van der Waals surface area contributed by atoms with Gasteiger partial charge in [-0.1, -0.05) is 134 Å². The number of anilines is 1. The highest BCUT2D eigenvalue weighted by Gasteiger charge is 2.76. The summed E-state index contributed by atoms with van der Waals surface area (Å²) in [6.07, 6.45) is 3.79. The van der Waals surface area contributed by atoms with Crippen LogP contribution in [0.5, 0.6) is 5.75 Å². The molecule has 11 heteroatoms. The molecule has 0 unspecified atom stereocenters. The van der Waals surface area contributed by atoms with Crippen molar-refractivity contribution < 1.29 is 34.1 Å². The van der Waals surface area contributed by atoms with Crippen LogP contribution in [0.15, 0.2) is 133 Å². The zero-order valence-electron chi connectivity index (χ0n) is 35.8. The first-order chi connectivity index (χ1) is 31.2. The van der Waals surface area contributed by atoms with Crippen molar-refractivity contribution in [2.45, 2.75) is 81.1 Å². The first-order valence-electron chi connectivity index (χ1n) is 22.3. The number of cyclic esters (lactones) is 1. The van der Waals surface area contributed by atoms with Gasteiger partial charge in [0.15, 0.2) is 0 Å². The van der Waals surface area contributed by atoms with Crippen LogP contribution < -0.4 is 10.2 Å². The molecule has 1 spiro atoms. The number of benzene rings is 5. The van der Waals surface area contributed by atoms with Crippen molar-refractivity contribution in [3.05, 3.63) is 167 Å². The smallest absolute Gasteiger partial charge is 0.329 e. The van der Waals surface area contributed by atoms with Gasteiger partial charge in [0.05, 0.1) is 36.3 Å². The molecule has 3 saturated heterocycles. The zero-order valence-corrected chi connectivity index (χ0v) is 35.8. The van der Waals surface area contributed by atoms with Crippen LogP contribution in [0.3, 0.4) is 0 Å². The van der Waals surface area contributed by atoms with E-state index in [0.29, 0.717) is 29.8 Å². The molecule has 11 nitrogen and oxygen atoms in total. The predicted octanol–water partition coefficient (Wildman–Crippen LogP) is 8.06. The summed E-state index contributed by atoms with van der Waals surface area (Å²) in [7, 11) is 0. The van der Waals surface area contributed by atoms with E-state index in [-0.39, 0.29) is 30.4 Å². The number of aromatic hydroxyl groups is 1. The van der Waals surface area contributed by atoms with Gasteiger partial charge < -0.3 is 25.2 Å². The number of fused-ring (bicyclic) bond motifs is 3. The average molecular weight is 857 g/mol. The van der Waals surface area contributed by atoms with E-state index in [4.69, 9.17) is 4.74 Å². The van der Waals surface area contributed by atoms with Gasteiger partial charge in [-0.05, 0) is 77.9 Å². The summed E-state index contributed by atoms with van der Waals surface area (Å²) >= 11 is 0. The number of aliphatic hydroxyl groups is 1. The molecule has 7 atom stereocenters. The van der Waals surface area contributed by atoms with Crippen LogP contribution in [0, 0.1) is 17.8 Å². The molecule has 4 aliphatic rings. The zero-order chi connectivity index (χ0) is 44.4. The highest BCUT2D eigenvalue weighted by Crippen LogP contribution is 2.66. The molecule has 5 aromatic rings. The first kappa shape index (κ1) is 42.6. The van der Waals surface area contributed by atoms with Crippen molar-refractivity contribution in [2.24, 2.45) is 5.92 Å². The molecule has 326 valence electrons. The molecule has 0 aromatic heterocycles. The van der Waals surface area contributed by atoms with Crippen molar-refractivity contribution in [1.82, 2.24) is 15.1 Å².